The molecule has 0 aromatic rings. The van der Waals surface area contributed by atoms with E-state index in [1.807, 2.05) is 6.92 Å². The van der Waals surface area contributed by atoms with Crippen molar-refractivity contribution < 1.29 is 24.3 Å². The molecule has 174 valence electrons. The van der Waals surface area contributed by atoms with E-state index in [0.29, 0.717) is 25.8 Å². The number of nitrogens with two attached hydrogens (primary N) is 2. The van der Waals surface area contributed by atoms with E-state index in [9.17, 15) is 19.2 Å². The third-order valence-electron chi connectivity index (χ3n) is 4.70. The van der Waals surface area contributed by atoms with Crippen LogP contribution in [0.15, 0.2) is 0 Å². The summed E-state index contributed by atoms with van der Waals surface area (Å²) < 4.78 is 0. The molecule has 0 saturated heterocycles. The molecule has 0 aliphatic heterocycles. The first kappa shape index (κ1) is 28.5. The lowest BCUT2D eigenvalue weighted by atomic mass is 9.97. The Morgan fingerprint density at radius 3 is 2.00 bits per heavy atom. The summed E-state index contributed by atoms with van der Waals surface area (Å²) in [5.74, 6) is -3.13. The Morgan fingerprint density at radius 2 is 1.53 bits per heavy atom. The van der Waals surface area contributed by atoms with Gasteiger partial charge in [0.1, 0.15) is 18.1 Å². The third kappa shape index (κ3) is 10.0. The molecule has 0 aromatic heterocycles. The molecule has 8 N–H and O–H groups in total. The van der Waals surface area contributed by atoms with Crippen molar-refractivity contribution in [3.8, 4) is 0 Å². The predicted molar refractivity (Wildman–Crippen MR) is 121 cm³/mol. The summed E-state index contributed by atoms with van der Waals surface area (Å²) in [5.41, 5.74) is 11.2. The SMILES string of the molecule is CCC(C)C(NC(=O)C(N)CS)C(=O)NC(CCCCN)C(=O)NC(CS)C(=O)O. The van der Waals surface area contributed by atoms with Gasteiger partial charge in [0.05, 0.1) is 6.04 Å². The summed E-state index contributed by atoms with van der Waals surface area (Å²) in [7, 11) is 0. The molecule has 10 nitrogen and oxygen atoms in total. The average molecular weight is 466 g/mol. The maximum absolute atomic E-state index is 12.9. The van der Waals surface area contributed by atoms with Crippen molar-refractivity contribution >= 4 is 48.9 Å². The van der Waals surface area contributed by atoms with Gasteiger partial charge >= 0.3 is 5.97 Å². The van der Waals surface area contributed by atoms with Crippen LogP contribution < -0.4 is 27.4 Å². The van der Waals surface area contributed by atoms with Crippen molar-refractivity contribution in [1.82, 2.24) is 16.0 Å². The molecule has 0 rings (SSSR count). The number of rotatable bonds is 15. The van der Waals surface area contributed by atoms with Gasteiger partial charge < -0.3 is 32.5 Å². The van der Waals surface area contributed by atoms with Crippen molar-refractivity contribution in [2.24, 2.45) is 17.4 Å². The van der Waals surface area contributed by atoms with E-state index in [-0.39, 0.29) is 23.8 Å². The van der Waals surface area contributed by atoms with Crippen molar-refractivity contribution in [2.45, 2.75) is 63.7 Å². The first-order valence-corrected chi connectivity index (χ1v) is 11.2. The number of nitrogens with one attached hydrogen (secondary N) is 3. The smallest absolute Gasteiger partial charge is 0.327 e. The maximum Gasteiger partial charge on any atom is 0.327 e. The van der Waals surface area contributed by atoms with Crippen molar-refractivity contribution in [3.05, 3.63) is 0 Å². The number of aliphatic carboxylic acids is 1. The largest absolute Gasteiger partial charge is 0.480 e. The minimum absolute atomic E-state index is 0.0995. The highest BCUT2D eigenvalue weighted by Gasteiger charge is 2.31. The lowest BCUT2D eigenvalue weighted by Gasteiger charge is -2.27. The number of unbranched alkanes of at least 4 members (excludes halogenated alkanes) is 1. The van der Waals surface area contributed by atoms with Gasteiger partial charge in [0.2, 0.25) is 17.7 Å². The molecule has 0 heterocycles. The molecule has 0 aromatic carbocycles. The highest BCUT2D eigenvalue weighted by molar-refractivity contribution is 7.80. The zero-order valence-electron chi connectivity index (χ0n) is 17.5. The number of carbonyl (C=O) groups is 4. The number of carboxylic acids is 1. The number of hydrogen-bond acceptors (Lipinski definition) is 8. The highest BCUT2D eigenvalue weighted by Crippen LogP contribution is 2.10. The second-order valence-electron chi connectivity index (χ2n) is 7.09. The van der Waals surface area contributed by atoms with Crippen LogP contribution in [0.25, 0.3) is 0 Å². The minimum atomic E-state index is -1.23. The van der Waals surface area contributed by atoms with Gasteiger partial charge in [-0.15, -0.1) is 0 Å². The van der Waals surface area contributed by atoms with Crippen LogP contribution in [0.1, 0.15) is 39.5 Å². The van der Waals surface area contributed by atoms with Crippen LogP contribution in [0.5, 0.6) is 0 Å². The Balaban J connectivity index is 5.41. The molecular formula is C18H35N5O5S2. The molecule has 0 spiro atoms. The quantitative estimate of drug-likeness (QED) is 0.112. The minimum Gasteiger partial charge on any atom is -0.480 e. The topological polar surface area (TPSA) is 177 Å². The van der Waals surface area contributed by atoms with Crippen LogP contribution in [0.3, 0.4) is 0 Å². The average Bonchev–Trinajstić information content (AvgIpc) is 2.72. The van der Waals surface area contributed by atoms with Crippen LogP contribution in [0.4, 0.5) is 0 Å². The van der Waals surface area contributed by atoms with E-state index in [1.165, 1.54) is 0 Å². The molecule has 5 unspecified atom stereocenters. The monoisotopic (exact) mass is 465 g/mol. The number of carboxylic acid groups (broad SMARTS) is 1. The zero-order chi connectivity index (χ0) is 23.3. The van der Waals surface area contributed by atoms with Gasteiger partial charge in [-0.3, -0.25) is 14.4 Å². The summed E-state index contributed by atoms with van der Waals surface area (Å²) in [4.78, 5) is 48.9. The second-order valence-corrected chi connectivity index (χ2v) is 7.82. The van der Waals surface area contributed by atoms with Gasteiger partial charge in [0.15, 0.2) is 0 Å². The van der Waals surface area contributed by atoms with Gasteiger partial charge in [-0.2, -0.15) is 25.3 Å². The first-order valence-electron chi connectivity index (χ1n) is 9.94. The molecule has 0 aliphatic rings. The fraction of sp³-hybridized carbons (Fsp3) is 0.778. The van der Waals surface area contributed by atoms with E-state index < -0.39 is 47.9 Å². The van der Waals surface area contributed by atoms with E-state index in [0.717, 1.165) is 0 Å². The number of hydrogen-bond donors (Lipinski definition) is 8. The Bertz CT molecular complexity index is 581. The van der Waals surface area contributed by atoms with Crippen molar-refractivity contribution in [3.63, 3.8) is 0 Å². The molecule has 30 heavy (non-hydrogen) atoms. The molecule has 0 saturated carbocycles. The molecule has 5 atom stereocenters. The van der Waals surface area contributed by atoms with Gasteiger partial charge in [-0.05, 0) is 31.7 Å². The van der Waals surface area contributed by atoms with Crippen LogP contribution in [-0.2, 0) is 19.2 Å². The normalized spacial score (nSPS) is 15.9. The summed E-state index contributed by atoms with van der Waals surface area (Å²) >= 11 is 7.91. The van der Waals surface area contributed by atoms with E-state index in [2.05, 4.69) is 41.2 Å². The fourth-order valence-corrected chi connectivity index (χ4v) is 2.94. The summed E-state index contributed by atoms with van der Waals surface area (Å²) in [6, 6.07) is -3.94. The van der Waals surface area contributed by atoms with Gasteiger partial charge in [-0.1, -0.05) is 20.3 Å². The third-order valence-corrected chi connectivity index (χ3v) is 5.46. The van der Waals surface area contributed by atoms with Gasteiger partial charge in [0.25, 0.3) is 0 Å². The number of carbonyl (C=O) groups excluding carboxylic acids is 3. The van der Waals surface area contributed by atoms with Crippen molar-refractivity contribution in [2.75, 3.05) is 18.1 Å². The van der Waals surface area contributed by atoms with Crippen LogP contribution in [0.2, 0.25) is 0 Å². The standard InChI is InChI=1S/C18H35N5O5S2/c1-3-10(2)14(23-15(24)11(20)8-29)17(26)21-12(6-4-5-7-19)16(25)22-13(9-30)18(27)28/h10-14,29-30H,3-9,19-20H2,1-2H3,(H,21,26)(H,22,25)(H,23,24)(H,27,28). The second kappa shape index (κ2) is 15.3. The molecule has 0 radical (unpaired) electrons. The van der Waals surface area contributed by atoms with Crippen LogP contribution >= 0.6 is 25.3 Å². The molecule has 12 heteroatoms. The summed E-state index contributed by atoms with van der Waals surface area (Å²) in [6.07, 6.45) is 2.06. The maximum atomic E-state index is 12.9. The van der Waals surface area contributed by atoms with Gasteiger partial charge in [-0.25, -0.2) is 4.79 Å². The molecular weight excluding hydrogens is 430 g/mol. The molecule has 0 aliphatic carbocycles. The Morgan fingerprint density at radius 1 is 0.933 bits per heavy atom. The fourth-order valence-electron chi connectivity index (χ4n) is 2.53. The zero-order valence-corrected chi connectivity index (χ0v) is 19.3. The van der Waals surface area contributed by atoms with E-state index in [1.54, 1.807) is 6.92 Å². The Hall–Kier alpha value is -1.50. The first-order chi connectivity index (χ1) is 14.1. The Labute approximate surface area is 188 Å². The molecule has 0 bridgehead atoms. The lowest BCUT2D eigenvalue weighted by Crippen LogP contribution is -2.59. The highest BCUT2D eigenvalue weighted by atomic mass is 32.1. The molecule has 0 fully saturated rings. The summed E-state index contributed by atoms with van der Waals surface area (Å²) in [6.45, 7) is 4.08. The number of thiol groups is 2. The summed E-state index contributed by atoms with van der Waals surface area (Å²) in [5, 5.41) is 16.8. The molecule has 3 amide bonds. The lowest BCUT2D eigenvalue weighted by molar-refractivity contribution is -0.141. The number of amides is 3. The van der Waals surface area contributed by atoms with Gasteiger partial charge in [0, 0.05) is 11.5 Å². The van der Waals surface area contributed by atoms with Crippen LogP contribution in [0, 0.1) is 5.92 Å². The van der Waals surface area contributed by atoms with E-state index >= 15 is 0 Å². The Kier molecular flexibility index (Phi) is 14.6. The predicted octanol–water partition coefficient (Wildman–Crippen LogP) is -1.11. The van der Waals surface area contributed by atoms with Crippen LogP contribution in [-0.4, -0.2) is 71.0 Å². The van der Waals surface area contributed by atoms with Crippen molar-refractivity contribution in [1.29, 1.82) is 0 Å². The van der Waals surface area contributed by atoms with E-state index in [4.69, 9.17) is 16.6 Å².